The Balaban J connectivity index is 0.000000158. The quantitative estimate of drug-likeness (QED) is 0.516. The summed E-state index contributed by atoms with van der Waals surface area (Å²) >= 11 is 0. The second-order valence-corrected chi connectivity index (χ2v) is 11.3. The molecule has 1 aliphatic heterocycles. The van der Waals surface area contributed by atoms with Crippen molar-refractivity contribution in [2.24, 2.45) is 5.73 Å². The number of para-hydroxylation sites is 1. The van der Waals surface area contributed by atoms with Gasteiger partial charge in [-0.15, -0.1) is 0 Å². The third-order valence-corrected chi connectivity index (χ3v) is 7.18. The molecule has 0 spiro atoms. The fraction of sp³-hybridized carbons (Fsp3) is 0.294. The zero-order valence-corrected chi connectivity index (χ0v) is 22.9. The number of amides is 1. The van der Waals surface area contributed by atoms with Crippen molar-refractivity contribution in [3.8, 4) is 0 Å². The Morgan fingerprint density at radius 1 is 0.923 bits per heavy atom. The Hall–Kier alpha value is -3.96. The molecule has 0 saturated carbocycles. The van der Waals surface area contributed by atoms with Gasteiger partial charge >= 0.3 is 5.97 Å². The number of carbonyl (C=O) groups excluding carboxylic acids is 2. The van der Waals surface area contributed by atoms with Gasteiger partial charge in [0, 0.05) is 12.5 Å². The van der Waals surface area contributed by atoms with Crippen molar-refractivity contribution in [3.05, 3.63) is 104 Å². The van der Waals surface area contributed by atoms with Gasteiger partial charge < -0.3 is 15.4 Å². The molecule has 5 nitrogen and oxygen atoms in total. The lowest BCUT2D eigenvalue weighted by Crippen LogP contribution is -2.38. The molecule has 0 bridgehead atoms. The summed E-state index contributed by atoms with van der Waals surface area (Å²) in [5.41, 5.74) is 10.2. The van der Waals surface area contributed by atoms with Crippen LogP contribution in [-0.4, -0.2) is 30.1 Å². The van der Waals surface area contributed by atoms with E-state index >= 15 is 0 Å². The largest absolute Gasteiger partial charge is 0.459 e. The van der Waals surface area contributed by atoms with Crippen LogP contribution in [0.15, 0.2) is 66.7 Å². The summed E-state index contributed by atoms with van der Waals surface area (Å²) in [5.74, 6) is -0.500. The van der Waals surface area contributed by atoms with E-state index in [1.54, 1.807) is 0 Å². The van der Waals surface area contributed by atoms with Gasteiger partial charge in [-0.3, -0.25) is 9.59 Å². The molecule has 3 aromatic carbocycles. The number of anilines is 1. The van der Waals surface area contributed by atoms with E-state index in [0.29, 0.717) is 0 Å². The molecule has 1 heterocycles. The Morgan fingerprint density at radius 3 is 2.51 bits per heavy atom. The molecule has 1 atom stereocenters. The number of hydrogen-bond donors (Lipinski definition) is 1. The van der Waals surface area contributed by atoms with Crippen molar-refractivity contribution in [2.75, 3.05) is 11.4 Å². The molecule has 5 heteroatoms. The van der Waals surface area contributed by atoms with E-state index in [2.05, 4.69) is 48.6 Å². The van der Waals surface area contributed by atoms with Crippen LogP contribution in [-0.2, 0) is 27.2 Å². The summed E-state index contributed by atoms with van der Waals surface area (Å²) in [4.78, 5) is 25.6. The summed E-state index contributed by atoms with van der Waals surface area (Å²) in [6, 6.07) is 21.0. The van der Waals surface area contributed by atoms with Crippen LogP contribution in [0.4, 0.5) is 5.69 Å². The zero-order valence-electron chi connectivity index (χ0n) is 22.9. The maximum atomic E-state index is 12.1. The van der Waals surface area contributed by atoms with E-state index in [0.717, 1.165) is 30.5 Å². The van der Waals surface area contributed by atoms with Gasteiger partial charge in [0.1, 0.15) is 12.1 Å². The Labute approximate surface area is 229 Å². The number of fused-ring (bicyclic) bond motifs is 5. The maximum absolute atomic E-state index is 12.1. The van der Waals surface area contributed by atoms with Crippen molar-refractivity contribution in [3.63, 3.8) is 0 Å². The number of carbonyl (C=O) groups is 2. The molecular weight excluding hydrogens is 484 g/mol. The smallest absolute Gasteiger partial charge is 0.326 e. The van der Waals surface area contributed by atoms with Gasteiger partial charge in [-0.1, -0.05) is 78.9 Å². The Bertz CT molecular complexity index is 1660. The van der Waals surface area contributed by atoms with Crippen LogP contribution in [0.2, 0.25) is 0 Å². The van der Waals surface area contributed by atoms with Crippen LogP contribution in [0.5, 0.6) is 0 Å². The first-order valence-electron chi connectivity index (χ1n) is 13.6. The minimum absolute atomic E-state index is 0.0607. The van der Waals surface area contributed by atoms with E-state index in [-0.39, 0.29) is 24.9 Å². The highest BCUT2D eigenvalue weighted by Gasteiger charge is 2.25. The lowest BCUT2D eigenvalue weighted by atomic mass is 9.87. The molecule has 200 valence electrons. The Morgan fingerprint density at radius 2 is 1.69 bits per heavy atom. The molecular formula is C34H36N2O3. The molecule has 3 aliphatic rings. The van der Waals surface area contributed by atoms with E-state index in [1.807, 2.05) is 57.2 Å². The Kier molecular flexibility index (Phi) is 7.53. The number of hydrogen-bond acceptors (Lipinski definition) is 4. The van der Waals surface area contributed by atoms with Crippen LogP contribution < -0.4 is 21.1 Å². The third kappa shape index (κ3) is 6.04. The van der Waals surface area contributed by atoms with Crippen LogP contribution >= 0.6 is 0 Å². The van der Waals surface area contributed by atoms with Crippen LogP contribution in [0.25, 0.3) is 18.2 Å². The van der Waals surface area contributed by atoms with Gasteiger partial charge in [-0.25, -0.2) is 0 Å². The molecule has 1 amide bonds. The van der Waals surface area contributed by atoms with E-state index in [4.69, 9.17) is 10.5 Å². The fourth-order valence-corrected chi connectivity index (χ4v) is 5.47. The standard InChI is InChI=1S/C18H17N.C16H19NO3/c19-14-8-5-13-7-9-16-15-4-2-1-3-12(15)6-10-17(16)18(13)11-14;1-16(2,3)20-15(19)11-17-13-9-5-4-7-12(13)8-6-10-14(17)18/h1-7,9,14H,8,10-11,19H2;4-9H,10-11H2,1-3H3/t14-;/m0./s1. The molecule has 6 rings (SSSR count). The lowest BCUT2D eigenvalue weighted by molar-refractivity contribution is -0.153. The second kappa shape index (κ2) is 11.0. The molecule has 3 aromatic rings. The molecule has 0 unspecified atom stereocenters. The molecule has 0 aromatic heterocycles. The molecule has 2 aliphatic carbocycles. The number of ether oxygens (including phenoxy) is 1. The van der Waals surface area contributed by atoms with E-state index in [9.17, 15) is 9.59 Å². The SMILES string of the molecule is CC(C)(C)OC(=O)CN1C(=O)CC=Cc2ccccc21.N[C@H]1CC=c2ccc3c(c2C1)CC=c1ccccc1=3. The van der Waals surface area contributed by atoms with E-state index in [1.165, 1.54) is 36.9 Å². The summed E-state index contributed by atoms with van der Waals surface area (Å²) in [6.45, 7) is 5.37. The highest BCUT2D eigenvalue weighted by atomic mass is 16.6. The average molecular weight is 521 g/mol. The van der Waals surface area contributed by atoms with Crippen molar-refractivity contribution < 1.29 is 14.3 Å². The van der Waals surface area contributed by atoms with Crippen molar-refractivity contribution in [1.29, 1.82) is 0 Å². The summed E-state index contributed by atoms with van der Waals surface area (Å²) in [7, 11) is 0. The predicted octanol–water partition coefficient (Wildman–Crippen LogP) is 4.14. The molecule has 0 radical (unpaired) electrons. The van der Waals surface area contributed by atoms with Crippen LogP contribution in [0.3, 0.4) is 0 Å². The number of nitrogens with zero attached hydrogens (tertiary/aromatic N) is 1. The van der Waals surface area contributed by atoms with Crippen molar-refractivity contribution in [1.82, 2.24) is 0 Å². The topological polar surface area (TPSA) is 72.6 Å². The van der Waals surface area contributed by atoms with Gasteiger partial charge in [0.2, 0.25) is 5.91 Å². The minimum Gasteiger partial charge on any atom is -0.459 e. The normalized spacial score (nSPS) is 17.1. The molecule has 2 N–H and O–H groups in total. The van der Waals surface area contributed by atoms with Gasteiger partial charge in [0.15, 0.2) is 0 Å². The number of benzene rings is 3. The number of rotatable bonds is 2. The highest BCUT2D eigenvalue weighted by molar-refractivity contribution is 6.01. The summed E-state index contributed by atoms with van der Waals surface area (Å²) < 4.78 is 5.29. The van der Waals surface area contributed by atoms with Gasteiger partial charge in [-0.05, 0) is 83.7 Å². The van der Waals surface area contributed by atoms with Gasteiger partial charge in [-0.2, -0.15) is 0 Å². The lowest BCUT2D eigenvalue weighted by Gasteiger charge is -2.25. The molecule has 0 saturated heterocycles. The third-order valence-electron chi connectivity index (χ3n) is 7.18. The number of nitrogens with two attached hydrogens (primary N) is 1. The fourth-order valence-electron chi connectivity index (χ4n) is 5.47. The van der Waals surface area contributed by atoms with Gasteiger partial charge in [0.25, 0.3) is 0 Å². The first-order valence-corrected chi connectivity index (χ1v) is 13.6. The second-order valence-electron chi connectivity index (χ2n) is 11.3. The van der Waals surface area contributed by atoms with Crippen LogP contribution in [0, 0.1) is 10.4 Å². The first kappa shape index (κ1) is 26.6. The van der Waals surface area contributed by atoms with Crippen molar-refractivity contribution >= 4 is 35.8 Å². The number of esters is 1. The van der Waals surface area contributed by atoms with Crippen LogP contribution in [0.1, 0.15) is 50.3 Å². The predicted molar refractivity (Wildman–Crippen MR) is 157 cm³/mol. The average Bonchev–Trinajstić information content (AvgIpc) is 3.06. The maximum Gasteiger partial charge on any atom is 0.326 e. The van der Waals surface area contributed by atoms with Gasteiger partial charge in [0.05, 0.1) is 5.69 Å². The minimum atomic E-state index is -0.552. The molecule has 0 fully saturated rings. The van der Waals surface area contributed by atoms with E-state index < -0.39 is 11.6 Å². The highest BCUT2D eigenvalue weighted by Crippen LogP contribution is 2.26. The summed E-state index contributed by atoms with van der Waals surface area (Å²) in [5, 5.41) is 5.53. The first-order chi connectivity index (χ1) is 18.7. The monoisotopic (exact) mass is 520 g/mol. The summed E-state index contributed by atoms with van der Waals surface area (Å²) in [6.07, 6.45) is 11.7. The zero-order chi connectivity index (χ0) is 27.6. The van der Waals surface area contributed by atoms with Crippen molar-refractivity contribution in [2.45, 2.75) is 58.1 Å². The molecule has 39 heavy (non-hydrogen) atoms.